The first-order valence-corrected chi connectivity index (χ1v) is 16.1. The lowest BCUT2D eigenvalue weighted by molar-refractivity contribution is -0.140. The van der Waals surface area contributed by atoms with Crippen molar-refractivity contribution in [2.45, 2.75) is 77.6 Å². The molecule has 4 heterocycles. The van der Waals surface area contributed by atoms with Gasteiger partial charge in [-0.2, -0.15) is 13.2 Å². The van der Waals surface area contributed by atoms with Crippen LogP contribution in [0.15, 0.2) is 40.5 Å². The molecule has 16 heteroatoms. The van der Waals surface area contributed by atoms with Crippen molar-refractivity contribution in [3.63, 3.8) is 0 Å². The van der Waals surface area contributed by atoms with Gasteiger partial charge < -0.3 is 19.8 Å². The number of halogens is 3. The number of pyridine rings is 2. The van der Waals surface area contributed by atoms with E-state index in [1.54, 1.807) is 33.8 Å². The molecule has 0 spiro atoms. The van der Waals surface area contributed by atoms with E-state index in [1.165, 1.54) is 24.7 Å². The molecular formula is C31H35F3N8O4S. The molecule has 1 fully saturated rings. The van der Waals surface area contributed by atoms with Gasteiger partial charge in [-0.3, -0.25) is 10.3 Å². The van der Waals surface area contributed by atoms with E-state index in [-0.39, 0.29) is 28.5 Å². The molecule has 0 bridgehead atoms. The smallest absolute Gasteiger partial charge is 0.434 e. The number of carbonyl (C=O) groups is 2. The third-order valence-electron chi connectivity index (χ3n) is 7.30. The fourth-order valence-electron chi connectivity index (χ4n) is 5.24. The maximum absolute atomic E-state index is 13.4. The van der Waals surface area contributed by atoms with E-state index in [0.717, 1.165) is 48.8 Å². The zero-order chi connectivity index (χ0) is 33.8. The predicted octanol–water partition coefficient (Wildman–Crippen LogP) is 7.62. The van der Waals surface area contributed by atoms with E-state index >= 15 is 0 Å². The molecule has 3 amide bonds. The van der Waals surface area contributed by atoms with Crippen LogP contribution in [0.4, 0.5) is 28.6 Å². The summed E-state index contributed by atoms with van der Waals surface area (Å²) >= 11 is 0.812. The third-order valence-corrected chi connectivity index (χ3v) is 8.18. The van der Waals surface area contributed by atoms with Crippen molar-refractivity contribution < 1.29 is 31.9 Å². The molecule has 4 aromatic heterocycles. The van der Waals surface area contributed by atoms with Crippen LogP contribution in [0.5, 0.6) is 0 Å². The average Bonchev–Trinajstić information content (AvgIpc) is 3.71. The number of alkyl halides is 3. The van der Waals surface area contributed by atoms with E-state index in [0.29, 0.717) is 28.8 Å². The van der Waals surface area contributed by atoms with Gasteiger partial charge in [0, 0.05) is 47.2 Å². The van der Waals surface area contributed by atoms with Crippen molar-refractivity contribution in [1.82, 2.24) is 35.8 Å². The van der Waals surface area contributed by atoms with E-state index < -0.39 is 35.6 Å². The minimum atomic E-state index is -4.63. The lowest BCUT2D eigenvalue weighted by atomic mass is 9.84. The molecular weight excluding hydrogens is 637 g/mol. The standard InChI is InChI=1S/C31H35F3N8O4S/c1-5-36-28(43)39-23-12-20(27-38-22(16-47-27)31(32,33)34)21(15-37-23)18-11-19(14-35-13-18)25-41-42-26(45-25)24(17-9-7-6-8-10-17)40-29(44)46-30(2,3)4/h11-17,24H,5-10H2,1-4H3,(H,40,44)(H2,36,37,39,43)/t24-/m0/s1. The van der Waals surface area contributed by atoms with Crippen molar-refractivity contribution in [3.05, 3.63) is 47.7 Å². The monoisotopic (exact) mass is 672 g/mol. The summed E-state index contributed by atoms with van der Waals surface area (Å²) < 4.78 is 51.9. The molecule has 1 saturated carbocycles. The summed E-state index contributed by atoms with van der Waals surface area (Å²) in [7, 11) is 0. The van der Waals surface area contributed by atoms with Gasteiger partial charge in [0.05, 0.1) is 5.56 Å². The molecule has 1 aliphatic carbocycles. The minimum Gasteiger partial charge on any atom is -0.444 e. The molecule has 0 aromatic carbocycles. The number of aromatic nitrogens is 5. The lowest BCUT2D eigenvalue weighted by Gasteiger charge is -2.29. The fraction of sp³-hybridized carbons (Fsp3) is 0.452. The van der Waals surface area contributed by atoms with Gasteiger partial charge >= 0.3 is 18.3 Å². The second-order valence-corrected chi connectivity index (χ2v) is 12.9. The van der Waals surface area contributed by atoms with E-state index in [9.17, 15) is 22.8 Å². The number of nitrogens with one attached hydrogen (secondary N) is 3. The van der Waals surface area contributed by atoms with Crippen LogP contribution in [-0.4, -0.2) is 49.4 Å². The first kappa shape index (κ1) is 33.8. The van der Waals surface area contributed by atoms with Crippen molar-refractivity contribution in [1.29, 1.82) is 0 Å². The Morgan fingerprint density at radius 2 is 1.79 bits per heavy atom. The molecule has 0 radical (unpaired) electrons. The normalized spacial score (nSPS) is 14.8. The number of urea groups is 1. The topological polar surface area (TPSA) is 157 Å². The van der Waals surface area contributed by atoms with Crippen LogP contribution in [0.1, 0.15) is 77.4 Å². The van der Waals surface area contributed by atoms with Gasteiger partial charge in [-0.25, -0.2) is 19.6 Å². The highest BCUT2D eigenvalue weighted by Crippen LogP contribution is 2.40. The zero-order valence-corrected chi connectivity index (χ0v) is 27.1. The van der Waals surface area contributed by atoms with Crippen molar-refractivity contribution in [2.24, 2.45) is 5.92 Å². The number of hydrogen-bond acceptors (Lipinski definition) is 10. The van der Waals surface area contributed by atoms with Crippen LogP contribution >= 0.6 is 11.3 Å². The highest BCUT2D eigenvalue weighted by molar-refractivity contribution is 7.13. The Hall–Kier alpha value is -4.60. The summed E-state index contributed by atoms with van der Waals surface area (Å²) in [5, 5.41) is 17.6. The maximum Gasteiger partial charge on any atom is 0.434 e. The first-order valence-electron chi connectivity index (χ1n) is 15.2. The van der Waals surface area contributed by atoms with Crippen LogP contribution in [0.2, 0.25) is 0 Å². The summed E-state index contributed by atoms with van der Waals surface area (Å²) in [6.07, 6.45) is 4.14. The van der Waals surface area contributed by atoms with E-state index in [4.69, 9.17) is 9.15 Å². The summed E-state index contributed by atoms with van der Waals surface area (Å²) in [4.78, 5) is 37.3. The van der Waals surface area contributed by atoms with Gasteiger partial charge in [0.15, 0.2) is 5.69 Å². The number of rotatable bonds is 8. The van der Waals surface area contributed by atoms with Gasteiger partial charge in [0.25, 0.3) is 0 Å². The molecule has 250 valence electrons. The van der Waals surface area contributed by atoms with Crippen LogP contribution in [-0.2, 0) is 10.9 Å². The molecule has 0 saturated heterocycles. The van der Waals surface area contributed by atoms with Crippen molar-refractivity contribution in [3.8, 4) is 33.2 Å². The van der Waals surface area contributed by atoms with Gasteiger partial charge in [-0.05, 0) is 58.6 Å². The molecule has 1 aliphatic rings. The summed E-state index contributed by atoms with van der Waals surface area (Å²) in [6, 6.07) is 2.07. The van der Waals surface area contributed by atoms with E-state index in [1.807, 2.05) is 0 Å². The number of amides is 3. The van der Waals surface area contributed by atoms with Gasteiger partial charge in [0.1, 0.15) is 22.5 Å². The Morgan fingerprint density at radius 3 is 2.47 bits per heavy atom. The predicted molar refractivity (Wildman–Crippen MR) is 168 cm³/mol. The Bertz CT molecular complexity index is 1710. The Balaban J connectivity index is 1.49. The quantitative estimate of drug-likeness (QED) is 0.171. The van der Waals surface area contributed by atoms with Crippen LogP contribution < -0.4 is 16.0 Å². The van der Waals surface area contributed by atoms with Crippen molar-refractivity contribution in [2.75, 3.05) is 11.9 Å². The van der Waals surface area contributed by atoms with Gasteiger partial charge in [-0.15, -0.1) is 21.5 Å². The molecule has 3 N–H and O–H groups in total. The van der Waals surface area contributed by atoms with Crippen LogP contribution in [0.3, 0.4) is 0 Å². The molecule has 5 rings (SSSR count). The summed E-state index contributed by atoms with van der Waals surface area (Å²) in [6.45, 7) is 7.46. The number of ether oxygens (including phenoxy) is 1. The van der Waals surface area contributed by atoms with Crippen LogP contribution in [0.25, 0.3) is 33.2 Å². The Labute approximate surface area is 273 Å². The molecule has 1 atom stereocenters. The summed E-state index contributed by atoms with van der Waals surface area (Å²) in [5.74, 6) is 0.567. The van der Waals surface area contributed by atoms with Crippen LogP contribution in [0, 0.1) is 5.92 Å². The minimum absolute atomic E-state index is 0.0719. The number of anilines is 1. The number of alkyl carbamates (subject to hydrolysis) is 1. The highest BCUT2D eigenvalue weighted by atomic mass is 32.1. The Morgan fingerprint density at radius 1 is 1.04 bits per heavy atom. The van der Waals surface area contributed by atoms with Gasteiger partial charge in [0.2, 0.25) is 11.8 Å². The molecule has 47 heavy (non-hydrogen) atoms. The number of carbonyl (C=O) groups excluding carboxylic acids is 2. The average molecular weight is 673 g/mol. The molecule has 12 nitrogen and oxygen atoms in total. The second-order valence-electron chi connectivity index (χ2n) is 12.1. The second kappa shape index (κ2) is 14.0. The Kier molecular flexibility index (Phi) is 10.1. The fourth-order valence-corrected chi connectivity index (χ4v) is 6.10. The first-order chi connectivity index (χ1) is 22.3. The summed E-state index contributed by atoms with van der Waals surface area (Å²) in [5.41, 5.74) is -0.0901. The lowest BCUT2D eigenvalue weighted by Crippen LogP contribution is -2.38. The largest absolute Gasteiger partial charge is 0.444 e. The third kappa shape index (κ3) is 8.61. The number of hydrogen-bond donors (Lipinski definition) is 3. The molecule has 4 aromatic rings. The van der Waals surface area contributed by atoms with E-state index in [2.05, 4.69) is 41.1 Å². The SMILES string of the molecule is CCNC(=O)Nc1cc(-c2nc(C(F)(F)F)cs2)c(-c2cncc(-c3nnc([C@@H](NC(=O)OC(C)(C)C)C4CCCCC4)o3)c2)cn1. The van der Waals surface area contributed by atoms with Gasteiger partial charge in [-0.1, -0.05) is 19.3 Å². The number of nitrogens with zero attached hydrogens (tertiary/aromatic N) is 5. The van der Waals surface area contributed by atoms with Crippen molar-refractivity contribution >= 4 is 29.3 Å². The molecule has 0 aliphatic heterocycles. The zero-order valence-electron chi connectivity index (χ0n) is 26.3. The molecule has 0 unspecified atom stereocenters. The highest BCUT2D eigenvalue weighted by Gasteiger charge is 2.35. The maximum atomic E-state index is 13.4. The number of thiazole rings is 1.